The van der Waals surface area contributed by atoms with E-state index in [0.717, 1.165) is 6.42 Å². The molecule has 2 N–H and O–H groups in total. The highest BCUT2D eigenvalue weighted by Crippen LogP contribution is 2.29. The molecule has 0 bridgehead atoms. The lowest BCUT2D eigenvalue weighted by molar-refractivity contribution is 0.287. The van der Waals surface area contributed by atoms with Crippen LogP contribution in [0.15, 0.2) is 28.9 Å². The fourth-order valence-corrected chi connectivity index (χ4v) is 2.19. The zero-order valence-electron chi connectivity index (χ0n) is 8.72. The topological polar surface area (TPSA) is 41.6 Å². The van der Waals surface area contributed by atoms with Crippen molar-refractivity contribution in [1.82, 2.24) is 5.01 Å². The van der Waals surface area contributed by atoms with E-state index in [2.05, 4.69) is 23.3 Å². The normalized spacial score (nSPS) is 31.6. The Morgan fingerprint density at radius 1 is 1.64 bits per heavy atom. The summed E-state index contributed by atoms with van der Waals surface area (Å²) < 4.78 is 0. The quantitative estimate of drug-likeness (QED) is 0.711. The fraction of sp³-hybridized carbons (Fsp3) is 0.545. The Hall–Kier alpha value is -1.09. The molecule has 0 aromatic carbocycles. The number of hydrogen-bond acceptors (Lipinski definition) is 3. The fourth-order valence-electron chi connectivity index (χ4n) is 2.19. The molecule has 2 aliphatic rings. The van der Waals surface area contributed by atoms with Gasteiger partial charge in [0.1, 0.15) is 0 Å². The van der Waals surface area contributed by atoms with E-state index in [1.807, 2.05) is 25.2 Å². The van der Waals surface area contributed by atoms with Crippen LogP contribution >= 0.6 is 0 Å². The average Bonchev–Trinajstić information content (AvgIpc) is 2.48. The Balaban J connectivity index is 2.16. The van der Waals surface area contributed by atoms with E-state index < -0.39 is 0 Å². The van der Waals surface area contributed by atoms with Crippen molar-refractivity contribution in [1.29, 1.82) is 0 Å². The summed E-state index contributed by atoms with van der Waals surface area (Å²) in [5.41, 5.74) is 7.22. The van der Waals surface area contributed by atoms with Gasteiger partial charge >= 0.3 is 0 Å². The zero-order valence-corrected chi connectivity index (χ0v) is 8.72. The molecule has 0 spiro atoms. The number of nitrogens with zero attached hydrogens (tertiary/aromatic N) is 2. The van der Waals surface area contributed by atoms with Crippen LogP contribution in [0.2, 0.25) is 0 Å². The van der Waals surface area contributed by atoms with Gasteiger partial charge in [-0.25, -0.2) is 0 Å². The van der Waals surface area contributed by atoms with E-state index >= 15 is 0 Å². The second kappa shape index (κ2) is 3.58. The Kier molecular flexibility index (Phi) is 2.42. The van der Waals surface area contributed by atoms with Gasteiger partial charge in [-0.2, -0.15) is 5.10 Å². The van der Waals surface area contributed by atoms with Gasteiger partial charge in [0.15, 0.2) is 0 Å². The Bertz CT molecular complexity index is 302. The first-order valence-electron chi connectivity index (χ1n) is 5.08. The van der Waals surface area contributed by atoms with Crippen LogP contribution in [0.1, 0.15) is 13.3 Å². The van der Waals surface area contributed by atoms with Gasteiger partial charge in [0, 0.05) is 25.2 Å². The Morgan fingerprint density at radius 2 is 2.43 bits per heavy atom. The standard InChI is InChI=1S/C11H17N3/c1-8(12)6-9-4-3-5-10-7-13-14(2)11(9)10/h3-5,7-8,10-11H,6,12H2,1-2H3. The average molecular weight is 191 g/mol. The molecule has 0 saturated heterocycles. The monoisotopic (exact) mass is 191 g/mol. The third-order valence-electron chi connectivity index (χ3n) is 2.77. The summed E-state index contributed by atoms with van der Waals surface area (Å²) in [6.07, 6.45) is 9.46. The van der Waals surface area contributed by atoms with Crippen molar-refractivity contribution in [3.8, 4) is 0 Å². The van der Waals surface area contributed by atoms with Gasteiger partial charge in [0.2, 0.25) is 0 Å². The van der Waals surface area contributed by atoms with Crippen LogP contribution in [0.4, 0.5) is 0 Å². The molecule has 0 aromatic heterocycles. The SMILES string of the molecule is CC(N)CC1=CC=CC2C=NN(C)C12. The first-order chi connectivity index (χ1) is 6.68. The maximum atomic E-state index is 5.83. The van der Waals surface area contributed by atoms with Crippen molar-refractivity contribution in [2.24, 2.45) is 16.8 Å². The highest BCUT2D eigenvalue weighted by molar-refractivity contribution is 5.68. The number of likely N-dealkylation sites (N-methyl/N-ethyl adjacent to an activating group) is 1. The molecule has 1 aliphatic carbocycles. The van der Waals surface area contributed by atoms with Gasteiger partial charge in [0.05, 0.1) is 6.04 Å². The molecular weight excluding hydrogens is 174 g/mol. The summed E-state index contributed by atoms with van der Waals surface area (Å²) in [5, 5.41) is 6.34. The van der Waals surface area contributed by atoms with Crippen LogP contribution in [-0.2, 0) is 0 Å². The maximum Gasteiger partial charge on any atom is 0.0793 e. The molecule has 3 heteroatoms. The summed E-state index contributed by atoms with van der Waals surface area (Å²) in [6, 6.07) is 0.633. The molecule has 1 aliphatic heterocycles. The number of hydrazone groups is 1. The molecule has 0 saturated carbocycles. The minimum atomic E-state index is 0.224. The van der Waals surface area contributed by atoms with Gasteiger partial charge in [-0.3, -0.25) is 5.01 Å². The predicted molar refractivity (Wildman–Crippen MR) is 59.0 cm³/mol. The van der Waals surface area contributed by atoms with Gasteiger partial charge in [0.25, 0.3) is 0 Å². The van der Waals surface area contributed by atoms with Crippen molar-refractivity contribution >= 4 is 6.21 Å². The Morgan fingerprint density at radius 3 is 3.14 bits per heavy atom. The van der Waals surface area contributed by atoms with E-state index in [-0.39, 0.29) is 6.04 Å². The second-order valence-corrected chi connectivity index (χ2v) is 4.17. The van der Waals surface area contributed by atoms with Gasteiger partial charge in [-0.1, -0.05) is 18.2 Å². The summed E-state index contributed by atoms with van der Waals surface area (Å²) in [6.45, 7) is 2.05. The molecule has 0 amide bonds. The van der Waals surface area contributed by atoms with E-state index in [4.69, 9.17) is 5.73 Å². The summed E-state index contributed by atoms with van der Waals surface area (Å²) in [5.74, 6) is 0.443. The maximum absolute atomic E-state index is 5.83. The summed E-state index contributed by atoms with van der Waals surface area (Å²) >= 11 is 0. The molecule has 3 nitrogen and oxygen atoms in total. The molecular formula is C11H17N3. The first-order valence-corrected chi connectivity index (χ1v) is 5.08. The van der Waals surface area contributed by atoms with Crippen LogP contribution in [-0.4, -0.2) is 30.4 Å². The largest absolute Gasteiger partial charge is 0.328 e. The lowest BCUT2D eigenvalue weighted by atomic mass is 9.87. The molecule has 2 rings (SSSR count). The number of allylic oxidation sites excluding steroid dienone is 2. The predicted octanol–water partition coefficient (Wildman–Crippen LogP) is 1.14. The van der Waals surface area contributed by atoms with Crippen molar-refractivity contribution in [2.45, 2.75) is 25.4 Å². The number of hydrogen-bond donors (Lipinski definition) is 1. The third-order valence-corrected chi connectivity index (χ3v) is 2.77. The van der Waals surface area contributed by atoms with Crippen LogP contribution in [0.3, 0.4) is 0 Å². The lowest BCUT2D eigenvalue weighted by Crippen LogP contribution is -2.34. The van der Waals surface area contributed by atoms with Gasteiger partial charge in [-0.05, 0) is 18.9 Å². The highest BCUT2D eigenvalue weighted by atomic mass is 15.5. The van der Waals surface area contributed by atoms with Crippen molar-refractivity contribution in [3.63, 3.8) is 0 Å². The van der Waals surface area contributed by atoms with E-state index in [9.17, 15) is 0 Å². The number of rotatable bonds is 2. The minimum Gasteiger partial charge on any atom is -0.328 e. The summed E-state index contributed by atoms with van der Waals surface area (Å²) in [7, 11) is 2.02. The second-order valence-electron chi connectivity index (χ2n) is 4.17. The molecule has 0 aromatic rings. The van der Waals surface area contributed by atoms with E-state index in [1.165, 1.54) is 5.57 Å². The highest BCUT2D eigenvalue weighted by Gasteiger charge is 2.31. The van der Waals surface area contributed by atoms with Crippen LogP contribution in [0, 0.1) is 5.92 Å². The molecule has 14 heavy (non-hydrogen) atoms. The number of nitrogens with two attached hydrogens (primary N) is 1. The number of fused-ring (bicyclic) bond motifs is 1. The summed E-state index contributed by atoms with van der Waals surface area (Å²) in [4.78, 5) is 0. The van der Waals surface area contributed by atoms with E-state index in [0.29, 0.717) is 12.0 Å². The molecule has 0 fully saturated rings. The van der Waals surface area contributed by atoms with Gasteiger partial charge in [-0.15, -0.1) is 0 Å². The van der Waals surface area contributed by atoms with E-state index in [1.54, 1.807) is 0 Å². The first kappa shape index (κ1) is 9.46. The van der Waals surface area contributed by atoms with Crippen molar-refractivity contribution < 1.29 is 0 Å². The zero-order chi connectivity index (χ0) is 10.1. The third kappa shape index (κ3) is 1.60. The minimum absolute atomic E-state index is 0.224. The van der Waals surface area contributed by atoms with Gasteiger partial charge < -0.3 is 5.73 Å². The molecule has 1 heterocycles. The van der Waals surface area contributed by atoms with Crippen molar-refractivity contribution in [3.05, 3.63) is 23.8 Å². The molecule has 3 unspecified atom stereocenters. The molecule has 3 atom stereocenters. The van der Waals surface area contributed by atoms with Crippen LogP contribution in [0.5, 0.6) is 0 Å². The molecule has 76 valence electrons. The molecule has 0 radical (unpaired) electrons. The Labute approximate surface area is 85.0 Å². The smallest absolute Gasteiger partial charge is 0.0793 e. The lowest BCUT2D eigenvalue weighted by Gasteiger charge is -2.28. The van der Waals surface area contributed by atoms with Crippen molar-refractivity contribution in [2.75, 3.05) is 7.05 Å². The van der Waals surface area contributed by atoms with Crippen LogP contribution < -0.4 is 5.73 Å². The van der Waals surface area contributed by atoms with Crippen LogP contribution in [0.25, 0.3) is 0 Å².